The first-order chi connectivity index (χ1) is 13.9. The molecule has 0 bridgehead atoms. The predicted molar refractivity (Wildman–Crippen MR) is 102 cm³/mol. The molecule has 3 aromatic rings. The topological polar surface area (TPSA) is 151 Å². The Bertz CT molecular complexity index is 1130. The molecule has 1 aliphatic heterocycles. The number of aromatic nitrogens is 4. The van der Waals surface area contributed by atoms with Crippen molar-refractivity contribution in [3.63, 3.8) is 0 Å². The molecule has 0 unspecified atom stereocenters. The van der Waals surface area contributed by atoms with Gasteiger partial charge < -0.3 is 10.1 Å². The zero-order valence-electron chi connectivity index (χ0n) is 15.1. The highest BCUT2D eigenvalue weighted by Gasteiger charge is 2.29. The summed E-state index contributed by atoms with van der Waals surface area (Å²) < 4.78 is 34.0. The van der Waals surface area contributed by atoms with Crippen molar-refractivity contribution in [3.8, 4) is 0 Å². The Balaban J connectivity index is 1.51. The number of nitrogens with zero attached hydrogens (tertiary/aromatic N) is 4. The monoisotopic (exact) mass is 418 g/mol. The summed E-state index contributed by atoms with van der Waals surface area (Å²) in [6.07, 6.45) is 3.25. The van der Waals surface area contributed by atoms with Gasteiger partial charge in [0.15, 0.2) is 17.0 Å². The smallest absolute Gasteiger partial charge is 0.333 e. The lowest BCUT2D eigenvalue weighted by atomic mass is 10.2. The van der Waals surface area contributed by atoms with Gasteiger partial charge in [0.1, 0.15) is 12.6 Å². The number of ether oxygens (including phenoxy) is 1. The molecule has 0 spiro atoms. The van der Waals surface area contributed by atoms with Gasteiger partial charge in [0, 0.05) is 5.56 Å². The van der Waals surface area contributed by atoms with Crippen molar-refractivity contribution in [2.24, 2.45) is 5.14 Å². The van der Waals surface area contributed by atoms with E-state index in [2.05, 4.69) is 24.5 Å². The number of rotatable bonds is 6. The van der Waals surface area contributed by atoms with E-state index in [1.54, 1.807) is 35.2 Å². The minimum atomic E-state index is -4.02. The molecule has 0 saturated carbocycles. The molecular formula is C17H18N6O5S. The van der Waals surface area contributed by atoms with Gasteiger partial charge in [-0.3, -0.25) is 13.5 Å². The highest BCUT2D eigenvalue weighted by Crippen LogP contribution is 2.31. The number of amides is 1. The van der Waals surface area contributed by atoms with E-state index in [1.807, 2.05) is 6.07 Å². The van der Waals surface area contributed by atoms with Crippen LogP contribution in [0.25, 0.3) is 11.2 Å². The number of fused-ring (bicyclic) bond motifs is 1. The molecule has 2 atom stereocenters. The van der Waals surface area contributed by atoms with E-state index in [-0.39, 0.29) is 18.3 Å². The SMILES string of the molecule is NS(=O)(=O)OC[C@@H]1CC[C@H](n2cnc3c(NC(=O)c4ccccc4)ncnc32)O1. The van der Waals surface area contributed by atoms with Gasteiger partial charge in [-0.15, -0.1) is 0 Å². The fraction of sp³-hybridized carbons (Fsp3) is 0.294. The predicted octanol–water partition coefficient (Wildman–Crippen LogP) is 0.976. The molecule has 2 aromatic heterocycles. The number of carbonyl (C=O) groups is 1. The average Bonchev–Trinajstić information content (AvgIpc) is 3.34. The molecule has 3 heterocycles. The Labute approximate surface area is 166 Å². The first-order valence-electron chi connectivity index (χ1n) is 8.77. The number of benzene rings is 1. The van der Waals surface area contributed by atoms with Crippen molar-refractivity contribution in [2.45, 2.75) is 25.2 Å². The second-order valence-electron chi connectivity index (χ2n) is 6.43. The van der Waals surface area contributed by atoms with Crippen LogP contribution in [0.1, 0.15) is 29.4 Å². The van der Waals surface area contributed by atoms with Gasteiger partial charge in [0.2, 0.25) is 0 Å². The number of nitrogens with two attached hydrogens (primary N) is 1. The van der Waals surface area contributed by atoms with E-state index >= 15 is 0 Å². The first kappa shape index (κ1) is 19.4. The van der Waals surface area contributed by atoms with Crippen molar-refractivity contribution >= 4 is 33.2 Å². The molecule has 0 radical (unpaired) electrons. The van der Waals surface area contributed by atoms with Gasteiger partial charge in [-0.1, -0.05) is 18.2 Å². The van der Waals surface area contributed by atoms with Crippen molar-refractivity contribution in [2.75, 3.05) is 11.9 Å². The number of hydrogen-bond acceptors (Lipinski definition) is 8. The summed E-state index contributed by atoms with van der Waals surface area (Å²) in [6.45, 7) is -0.157. The lowest BCUT2D eigenvalue weighted by Crippen LogP contribution is -2.23. The van der Waals surface area contributed by atoms with E-state index in [9.17, 15) is 13.2 Å². The van der Waals surface area contributed by atoms with Gasteiger partial charge in [0.05, 0.1) is 19.0 Å². The molecule has 3 N–H and O–H groups in total. The number of imidazole rings is 1. The zero-order valence-corrected chi connectivity index (χ0v) is 15.9. The lowest BCUT2D eigenvalue weighted by Gasteiger charge is -2.15. The van der Waals surface area contributed by atoms with Crippen LogP contribution in [0.15, 0.2) is 43.0 Å². The minimum Gasteiger partial charge on any atom is -0.352 e. The maximum Gasteiger partial charge on any atom is 0.333 e. The summed E-state index contributed by atoms with van der Waals surface area (Å²) >= 11 is 0. The molecule has 1 fully saturated rings. The standard InChI is InChI=1S/C17H18N6O5S/c18-29(25,26)27-8-12-6-7-13(28-12)23-10-21-14-15(19-9-20-16(14)23)22-17(24)11-4-2-1-3-5-11/h1-5,9-10,12-13H,6-8H2,(H2,18,25,26)(H,19,20,22,24)/t12-,13+/m0/s1. The van der Waals surface area contributed by atoms with Crippen LogP contribution in [0.5, 0.6) is 0 Å². The molecule has 1 saturated heterocycles. The molecule has 4 rings (SSSR count). The third kappa shape index (κ3) is 4.40. The molecule has 12 heteroatoms. The van der Waals surface area contributed by atoms with Crippen LogP contribution in [-0.2, 0) is 19.2 Å². The molecule has 1 amide bonds. The fourth-order valence-corrected chi connectivity index (χ4v) is 3.45. The number of anilines is 1. The fourth-order valence-electron chi connectivity index (χ4n) is 3.11. The normalized spacial score (nSPS) is 19.5. The summed E-state index contributed by atoms with van der Waals surface area (Å²) in [6, 6.07) is 8.76. The van der Waals surface area contributed by atoms with E-state index in [1.165, 1.54) is 6.33 Å². The van der Waals surface area contributed by atoms with Gasteiger partial charge in [-0.05, 0) is 25.0 Å². The quantitative estimate of drug-likeness (QED) is 0.601. The highest BCUT2D eigenvalue weighted by atomic mass is 32.2. The largest absolute Gasteiger partial charge is 0.352 e. The van der Waals surface area contributed by atoms with Crippen molar-refractivity contribution in [1.29, 1.82) is 0 Å². The second-order valence-corrected chi connectivity index (χ2v) is 7.66. The summed E-state index contributed by atoms with van der Waals surface area (Å²) in [4.78, 5) is 25.1. The van der Waals surface area contributed by atoms with Gasteiger partial charge in [-0.25, -0.2) is 20.1 Å². The second kappa shape index (κ2) is 7.83. The zero-order chi connectivity index (χ0) is 20.4. The molecule has 29 heavy (non-hydrogen) atoms. The van der Waals surface area contributed by atoms with E-state index in [0.29, 0.717) is 29.6 Å². The lowest BCUT2D eigenvalue weighted by molar-refractivity contribution is -0.0149. The van der Waals surface area contributed by atoms with Crippen molar-refractivity contribution in [3.05, 3.63) is 48.5 Å². The maximum absolute atomic E-state index is 12.4. The molecule has 152 valence electrons. The van der Waals surface area contributed by atoms with Crippen LogP contribution >= 0.6 is 0 Å². The van der Waals surface area contributed by atoms with Gasteiger partial charge >= 0.3 is 10.3 Å². The van der Waals surface area contributed by atoms with Crippen LogP contribution < -0.4 is 10.5 Å². The van der Waals surface area contributed by atoms with Crippen LogP contribution in [0.4, 0.5) is 5.82 Å². The van der Waals surface area contributed by atoms with E-state index < -0.39 is 22.6 Å². The summed E-state index contributed by atoms with van der Waals surface area (Å²) in [5.41, 5.74) is 1.40. The van der Waals surface area contributed by atoms with Crippen molar-refractivity contribution in [1.82, 2.24) is 19.5 Å². The van der Waals surface area contributed by atoms with Crippen LogP contribution in [0, 0.1) is 0 Å². The van der Waals surface area contributed by atoms with Crippen LogP contribution in [0.2, 0.25) is 0 Å². The highest BCUT2D eigenvalue weighted by molar-refractivity contribution is 7.84. The number of hydrogen-bond donors (Lipinski definition) is 2. The molecule has 1 aromatic carbocycles. The third-order valence-corrected chi connectivity index (χ3v) is 4.90. The summed E-state index contributed by atoms with van der Waals surface area (Å²) in [5.74, 6) is -0.0211. The summed E-state index contributed by atoms with van der Waals surface area (Å²) in [7, 11) is -4.02. The summed E-state index contributed by atoms with van der Waals surface area (Å²) in [5, 5.41) is 7.59. The minimum absolute atomic E-state index is 0.157. The Morgan fingerprint density at radius 3 is 2.79 bits per heavy atom. The maximum atomic E-state index is 12.4. The molecule has 11 nitrogen and oxygen atoms in total. The van der Waals surface area contributed by atoms with E-state index in [4.69, 9.17) is 9.88 Å². The Kier molecular flexibility index (Phi) is 5.24. The molecule has 1 aliphatic rings. The van der Waals surface area contributed by atoms with E-state index in [0.717, 1.165) is 0 Å². The molecule has 0 aliphatic carbocycles. The van der Waals surface area contributed by atoms with Crippen molar-refractivity contribution < 1.29 is 22.1 Å². The van der Waals surface area contributed by atoms with Crippen LogP contribution in [-0.4, -0.2) is 46.6 Å². The Hall–Kier alpha value is -2.93. The Morgan fingerprint density at radius 2 is 2.03 bits per heavy atom. The van der Waals surface area contributed by atoms with Crippen LogP contribution in [0.3, 0.4) is 0 Å². The number of nitrogens with one attached hydrogen (secondary N) is 1. The molecular weight excluding hydrogens is 400 g/mol. The Morgan fingerprint density at radius 1 is 1.24 bits per heavy atom. The first-order valence-corrected chi connectivity index (χ1v) is 10.2. The van der Waals surface area contributed by atoms with Gasteiger partial charge in [-0.2, -0.15) is 8.42 Å². The average molecular weight is 418 g/mol. The number of carbonyl (C=O) groups excluding carboxylic acids is 1. The third-order valence-electron chi connectivity index (χ3n) is 4.44. The van der Waals surface area contributed by atoms with Gasteiger partial charge in [0.25, 0.3) is 5.91 Å².